The zero-order chi connectivity index (χ0) is 23.6. The van der Waals surface area contributed by atoms with Crippen molar-refractivity contribution in [2.75, 3.05) is 20.8 Å². The smallest absolute Gasteiger partial charge is 0.271 e. The molecule has 0 radical (unpaired) electrons. The fourth-order valence-electron chi connectivity index (χ4n) is 2.94. The van der Waals surface area contributed by atoms with Crippen molar-refractivity contribution in [3.05, 3.63) is 83.2 Å². The molecule has 0 unspecified atom stereocenters. The first-order chi connectivity index (χ1) is 16.0. The van der Waals surface area contributed by atoms with E-state index in [4.69, 9.17) is 18.9 Å². The first-order valence-electron chi connectivity index (χ1n) is 10.2. The Morgan fingerprint density at radius 3 is 2.33 bits per heavy atom. The van der Waals surface area contributed by atoms with Crippen molar-refractivity contribution >= 4 is 12.1 Å². The van der Waals surface area contributed by atoms with E-state index in [9.17, 15) is 9.18 Å². The van der Waals surface area contributed by atoms with Crippen LogP contribution in [0, 0.1) is 5.82 Å². The Hall–Kier alpha value is -4.07. The number of hydrogen-bond donors (Lipinski definition) is 1. The maximum absolute atomic E-state index is 13.1. The van der Waals surface area contributed by atoms with Gasteiger partial charge < -0.3 is 18.9 Å². The highest BCUT2D eigenvalue weighted by molar-refractivity contribution is 5.95. The Bertz CT molecular complexity index is 1120. The van der Waals surface area contributed by atoms with Crippen molar-refractivity contribution in [1.82, 2.24) is 5.43 Å². The third-order valence-corrected chi connectivity index (χ3v) is 4.60. The van der Waals surface area contributed by atoms with Gasteiger partial charge in [0.15, 0.2) is 23.0 Å². The number of halogens is 1. The van der Waals surface area contributed by atoms with E-state index < -0.39 is 5.91 Å². The van der Waals surface area contributed by atoms with Crippen molar-refractivity contribution in [1.29, 1.82) is 0 Å². The van der Waals surface area contributed by atoms with Crippen molar-refractivity contribution < 1.29 is 28.1 Å². The molecule has 0 spiro atoms. The number of hydrogen-bond acceptors (Lipinski definition) is 6. The number of hydrazone groups is 1. The summed E-state index contributed by atoms with van der Waals surface area (Å²) in [5, 5.41) is 4.02. The number of methoxy groups -OCH3 is 2. The van der Waals surface area contributed by atoms with Crippen LogP contribution in [0.15, 0.2) is 65.8 Å². The molecule has 0 atom stereocenters. The van der Waals surface area contributed by atoms with Gasteiger partial charge in [0.05, 0.1) is 27.0 Å². The Morgan fingerprint density at radius 2 is 1.64 bits per heavy atom. The van der Waals surface area contributed by atoms with Crippen molar-refractivity contribution in [2.45, 2.75) is 13.5 Å². The molecule has 0 aliphatic rings. The lowest BCUT2D eigenvalue weighted by atomic mass is 10.2. The molecular weight excluding hydrogens is 427 g/mol. The third kappa shape index (κ3) is 6.46. The van der Waals surface area contributed by atoms with Gasteiger partial charge in [-0.15, -0.1) is 0 Å². The zero-order valence-electron chi connectivity index (χ0n) is 18.6. The summed E-state index contributed by atoms with van der Waals surface area (Å²) in [6.45, 7) is 2.59. The molecule has 3 rings (SSSR count). The van der Waals surface area contributed by atoms with Crippen molar-refractivity contribution in [3.63, 3.8) is 0 Å². The Morgan fingerprint density at radius 1 is 0.909 bits per heavy atom. The quantitative estimate of drug-likeness (QED) is 0.360. The summed E-state index contributed by atoms with van der Waals surface area (Å²) in [5.74, 6) is 1.38. The molecule has 0 heterocycles. The van der Waals surface area contributed by atoms with Gasteiger partial charge in [-0.3, -0.25) is 4.79 Å². The molecule has 33 heavy (non-hydrogen) atoms. The van der Waals surface area contributed by atoms with E-state index >= 15 is 0 Å². The maximum atomic E-state index is 13.1. The van der Waals surface area contributed by atoms with Gasteiger partial charge in [-0.2, -0.15) is 5.10 Å². The maximum Gasteiger partial charge on any atom is 0.271 e. The van der Waals surface area contributed by atoms with Crippen LogP contribution in [0.5, 0.6) is 23.0 Å². The van der Waals surface area contributed by atoms with E-state index in [1.165, 1.54) is 32.6 Å². The second kappa shape index (κ2) is 11.5. The first kappa shape index (κ1) is 23.6. The minimum absolute atomic E-state index is 0.273. The normalized spacial score (nSPS) is 10.7. The van der Waals surface area contributed by atoms with Crippen LogP contribution in [0.2, 0.25) is 0 Å². The van der Waals surface area contributed by atoms with Crippen LogP contribution >= 0.6 is 0 Å². The van der Waals surface area contributed by atoms with Crippen LogP contribution in [0.3, 0.4) is 0 Å². The lowest BCUT2D eigenvalue weighted by Gasteiger charge is -2.12. The Balaban J connectivity index is 1.65. The molecule has 7 nitrogen and oxygen atoms in total. The molecule has 8 heteroatoms. The minimum Gasteiger partial charge on any atom is -0.493 e. The van der Waals surface area contributed by atoms with Gasteiger partial charge in [0, 0.05) is 5.56 Å². The number of amides is 1. The zero-order valence-corrected chi connectivity index (χ0v) is 18.6. The van der Waals surface area contributed by atoms with Crippen LogP contribution in [0.4, 0.5) is 4.39 Å². The molecule has 0 saturated heterocycles. The number of benzene rings is 3. The molecule has 0 fully saturated rings. The molecule has 0 aliphatic heterocycles. The highest BCUT2D eigenvalue weighted by atomic mass is 19.1. The molecule has 0 bridgehead atoms. The van der Waals surface area contributed by atoms with E-state index in [1.54, 1.807) is 48.5 Å². The SMILES string of the molecule is CCOc1cc(/C=N/NC(=O)c2ccc(OC)c(OC)c2)ccc1OCc1ccc(F)cc1. The summed E-state index contributed by atoms with van der Waals surface area (Å²) < 4.78 is 34.9. The van der Waals surface area contributed by atoms with Gasteiger partial charge in [-0.1, -0.05) is 12.1 Å². The average Bonchev–Trinajstić information content (AvgIpc) is 2.84. The fraction of sp³-hybridized carbons (Fsp3) is 0.200. The number of nitrogens with one attached hydrogen (secondary N) is 1. The summed E-state index contributed by atoms with van der Waals surface area (Å²) in [5.41, 5.74) is 4.41. The van der Waals surface area contributed by atoms with E-state index in [0.29, 0.717) is 40.7 Å². The summed E-state index contributed by atoms with van der Waals surface area (Å²) in [4.78, 5) is 12.4. The number of carbonyl (C=O) groups excluding carboxylic acids is 1. The second-order valence-electron chi connectivity index (χ2n) is 6.82. The molecule has 1 N–H and O–H groups in total. The van der Waals surface area contributed by atoms with Crippen molar-refractivity contribution in [3.8, 4) is 23.0 Å². The van der Waals surface area contributed by atoms with Crippen LogP contribution in [0.25, 0.3) is 0 Å². The van der Waals surface area contributed by atoms with Crippen LogP contribution in [0.1, 0.15) is 28.4 Å². The van der Waals surface area contributed by atoms with Crippen molar-refractivity contribution in [2.24, 2.45) is 5.10 Å². The lowest BCUT2D eigenvalue weighted by molar-refractivity contribution is 0.0954. The van der Waals surface area contributed by atoms with Gasteiger partial charge >= 0.3 is 0 Å². The number of ether oxygens (including phenoxy) is 4. The molecule has 0 aromatic heterocycles. The minimum atomic E-state index is -0.392. The topological polar surface area (TPSA) is 78.4 Å². The standard InChI is InChI=1S/C25H25FN2O5/c1-4-32-24-13-18(7-11-22(24)33-16-17-5-9-20(26)10-6-17)15-27-28-25(29)19-8-12-21(30-2)23(14-19)31-3/h5-15H,4,16H2,1-3H3,(H,28,29)/b27-15+. The third-order valence-electron chi connectivity index (χ3n) is 4.60. The fourth-order valence-corrected chi connectivity index (χ4v) is 2.94. The highest BCUT2D eigenvalue weighted by Gasteiger charge is 2.10. The van der Waals surface area contributed by atoms with Gasteiger partial charge in [0.2, 0.25) is 0 Å². The van der Waals surface area contributed by atoms with Gasteiger partial charge in [0.1, 0.15) is 12.4 Å². The molecule has 1 amide bonds. The number of carbonyl (C=O) groups is 1. The molecule has 3 aromatic rings. The van der Waals surface area contributed by atoms with E-state index in [1.807, 2.05) is 6.92 Å². The second-order valence-corrected chi connectivity index (χ2v) is 6.82. The number of nitrogens with zero attached hydrogens (tertiary/aromatic N) is 1. The van der Waals surface area contributed by atoms with Gasteiger partial charge in [-0.25, -0.2) is 9.82 Å². The van der Waals surface area contributed by atoms with E-state index in [2.05, 4.69) is 10.5 Å². The molecule has 172 valence electrons. The monoisotopic (exact) mass is 452 g/mol. The number of rotatable bonds is 10. The average molecular weight is 452 g/mol. The summed E-state index contributed by atoms with van der Waals surface area (Å²) >= 11 is 0. The Kier molecular flexibility index (Phi) is 8.24. The Labute approximate surface area is 191 Å². The van der Waals surface area contributed by atoms with Crippen LogP contribution < -0.4 is 24.4 Å². The predicted molar refractivity (Wildman–Crippen MR) is 123 cm³/mol. The summed E-state index contributed by atoms with van der Waals surface area (Å²) in [7, 11) is 3.03. The summed E-state index contributed by atoms with van der Waals surface area (Å²) in [6.07, 6.45) is 1.50. The van der Waals surface area contributed by atoms with E-state index in [-0.39, 0.29) is 12.4 Å². The highest BCUT2D eigenvalue weighted by Crippen LogP contribution is 2.29. The largest absolute Gasteiger partial charge is 0.493 e. The lowest BCUT2D eigenvalue weighted by Crippen LogP contribution is -2.17. The van der Waals surface area contributed by atoms with Gasteiger partial charge in [-0.05, 0) is 66.6 Å². The molecular formula is C25H25FN2O5. The first-order valence-corrected chi connectivity index (χ1v) is 10.2. The van der Waals surface area contributed by atoms with Gasteiger partial charge in [0.25, 0.3) is 5.91 Å². The summed E-state index contributed by atoms with van der Waals surface area (Å²) in [6, 6.07) is 16.2. The molecule has 0 aliphatic carbocycles. The van der Waals surface area contributed by atoms with E-state index in [0.717, 1.165) is 5.56 Å². The predicted octanol–water partition coefficient (Wildman–Crippen LogP) is 4.58. The van der Waals surface area contributed by atoms with Crippen LogP contribution in [-0.4, -0.2) is 32.9 Å². The van der Waals surface area contributed by atoms with Crippen LogP contribution in [-0.2, 0) is 6.61 Å². The molecule has 0 saturated carbocycles. The molecule has 3 aromatic carbocycles.